The third-order valence-electron chi connectivity index (χ3n) is 10.1. The monoisotopic (exact) mass is 783 g/mol. The number of hydrogen-bond acceptors (Lipinski definition) is 8. The number of methoxy groups -OCH3 is 1. The van der Waals surface area contributed by atoms with Crippen molar-refractivity contribution in [2.75, 3.05) is 33.5 Å². The van der Waals surface area contributed by atoms with Gasteiger partial charge in [0.05, 0.1) is 45.2 Å². The van der Waals surface area contributed by atoms with Crippen LogP contribution >= 0.6 is 0 Å². The molecule has 8 heteroatoms. The number of benzene rings is 4. The minimum absolute atomic E-state index is 0.637. The van der Waals surface area contributed by atoms with Gasteiger partial charge in [-0.05, 0) is 129 Å². The van der Waals surface area contributed by atoms with E-state index in [0.717, 1.165) is 109 Å². The summed E-state index contributed by atoms with van der Waals surface area (Å²) >= 11 is 0. The number of nitrogens with zero attached hydrogens (tertiary/aromatic N) is 3. The molecule has 0 spiro atoms. The van der Waals surface area contributed by atoms with E-state index in [0.29, 0.717) is 32.0 Å². The largest absolute Gasteiger partial charge is 0.496 e. The van der Waals surface area contributed by atoms with Crippen LogP contribution in [0.1, 0.15) is 108 Å². The molecule has 0 saturated carbocycles. The van der Waals surface area contributed by atoms with Gasteiger partial charge in [0.2, 0.25) is 0 Å². The lowest BCUT2D eigenvalue weighted by Crippen LogP contribution is -2.02. The zero-order chi connectivity index (χ0) is 40.5. The highest BCUT2D eigenvalue weighted by molar-refractivity contribution is 5.65. The lowest BCUT2D eigenvalue weighted by molar-refractivity contribution is 0.277. The Morgan fingerprint density at radius 3 is 1.36 bits per heavy atom. The van der Waals surface area contributed by atoms with E-state index < -0.39 is 0 Å². The molecule has 5 rings (SSSR count). The number of aromatic nitrogens is 2. The fourth-order valence-corrected chi connectivity index (χ4v) is 6.63. The minimum atomic E-state index is 0.637. The molecule has 1 aromatic heterocycles. The Labute approximate surface area is 346 Å². The van der Waals surface area contributed by atoms with E-state index >= 15 is 0 Å². The molecule has 0 aliphatic carbocycles. The smallest absolute Gasteiger partial charge is 0.159 e. The number of ether oxygens (including phenoxy) is 5. The molecule has 0 saturated heterocycles. The lowest BCUT2D eigenvalue weighted by Gasteiger charge is -2.12. The summed E-state index contributed by atoms with van der Waals surface area (Å²) in [6.45, 7) is 4.90. The Morgan fingerprint density at radius 1 is 0.466 bits per heavy atom. The first-order chi connectivity index (χ1) is 28.6. The lowest BCUT2D eigenvalue weighted by atomic mass is 10.0. The molecule has 0 atom stereocenters. The van der Waals surface area contributed by atoms with Gasteiger partial charge in [-0.25, -0.2) is 9.97 Å². The predicted octanol–water partition coefficient (Wildman–Crippen LogP) is 12.6. The first kappa shape index (κ1) is 43.6. The van der Waals surface area contributed by atoms with E-state index in [-0.39, 0.29) is 0 Å². The summed E-state index contributed by atoms with van der Waals surface area (Å²) in [6, 6.07) is 31.7. The van der Waals surface area contributed by atoms with Gasteiger partial charge in [0.15, 0.2) is 5.82 Å². The second-order valence-corrected chi connectivity index (χ2v) is 14.7. The van der Waals surface area contributed by atoms with Crippen LogP contribution in [0.3, 0.4) is 0 Å². The van der Waals surface area contributed by atoms with E-state index in [2.05, 4.69) is 35.1 Å². The van der Waals surface area contributed by atoms with Crippen molar-refractivity contribution in [3.63, 3.8) is 0 Å². The number of aryl methyl sites for hydroxylation is 1. The SMILES string of the molecule is CCCCCCCCc1cnc(-c2ccc(OCCCCCCOc3cc(OC)cc(OCCCCCCOc4ccc(-c5ccc(C#N)cc5)cc4)c3)cc2)nc1. The number of hydrogen-bond donors (Lipinski definition) is 0. The second kappa shape index (κ2) is 25.7. The number of rotatable bonds is 28. The fourth-order valence-electron chi connectivity index (χ4n) is 6.63. The highest BCUT2D eigenvalue weighted by Gasteiger charge is 2.07. The van der Waals surface area contributed by atoms with Crippen LogP contribution in [-0.4, -0.2) is 43.5 Å². The molecule has 306 valence electrons. The molecular weight excluding hydrogens is 723 g/mol. The molecule has 58 heavy (non-hydrogen) atoms. The van der Waals surface area contributed by atoms with E-state index in [1.807, 2.05) is 91.3 Å². The summed E-state index contributed by atoms with van der Waals surface area (Å²) in [4.78, 5) is 9.22. The molecule has 0 unspecified atom stereocenters. The van der Waals surface area contributed by atoms with Crippen LogP contribution in [0.25, 0.3) is 22.5 Å². The Morgan fingerprint density at radius 2 is 0.879 bits per heavy atom. The van der Waals surface area contributed by atoms with Crippen molar-refractivity contribution in [3.8, 4) is 57.3 Å². The van der Waals surface area contributed by atoms with Gasteiger partial charge in [-0.1, -0.05) is 63.3 Å². The molecule has 0 radical (unpaired) electrons. The molecule has 0 amide bonds. The third-order valence-corrected chi connectivity index (χ3v) is 10.1. The molecule has 1 heterocycles. The van der Waals surface area contributed by atoms with Crippen molar-refractivity contribution in [3.05, 3.63) is 115 Å². The maximum atomic E-state index is 9.00. The summed E-state index contributed by atoms with van der Waals surface area (Å²) in [6.07, 6.45) is 21.0. The van der Waals surface area contributed by atoms with Gasteiger partial charge in [0, 0.05) is 36.2 Å². The van der Waals surface area contributed by atoms with Gasteiger partial charge >= 0.3 is 0 Å². The van der Waals surface area contributed by atoms with Crippen LogP contribution in [-0.2, 0) is 6.42 Å². The van der Waals surface area contributed by atoms with E-state index in [4.69, 9.17) is 28.9 Å². The van der Waals surface area contributed by atoms with Crippen LogP contribution < -0.4 is 23.7 Å². The Hall–Kier alpha value is -5.55. The van der Waals surface area contributed by atoms with Crippen molar-refractivity contribution in [1.82, 2.24) is 9.97 Å². The Kier molecular flexibility index (Phi) is 19.3. The van der Waals surface area contributed by atoms with Gasteiger partial charge in [0.25, 0.3) is 0 Å². The molecule has 0 fully saturated rings. The molecule has 8 nitrogen and oxygen atoms in total. The Balaban J connectivity index is 0.880. The van der Waals surface area contributed by atoms with Gasteiger partial charge in [-0.2, -0.15) is 5.26 Å². The number of unbranched alkanes of at least 4 members (excludes halogenated alkanes) is 11. The van der Waals surface area contributed by atoms with Crippen LogP contribution in [0.4, 0.5) is 0 Å². The highest BCUT2D eigenvalue weighted by atomic mass is 16.5. The maximum Gasteiger partial charge on any atom is 0.159 e. The average Bonchev–Trinajstić information content (AvgIpc) is 3.27. The van der Waals surface area contributed by atoms with Crippen molar-refractivity contribution in [2.24, 2.45) is 0 Å². The zero-order valence-corrected chi connectivity index (χ0v) is 34.6. The van der Waals surface area contributed by atoms with Gasteiger partial charge < -0.3 is 23.7 Å². The van der Waals surface area contributed by atoms with Crippen molar-refractivity contribution < 1.29 is 23.7 Å². The molecular formula is C50H61N3O5. The van der Waals surface area contributed by atoms with E-state index in [1.54, 1.807) is 7.11 Å². The summed E-state index contributed by atoms with van der Waals surface area (Å²) in [7, 11) is 1.66. The maximum absolute atomic E-state index is 9.00. The summed E-state index contributed by atoms with van der Waals surface area (Å²) in [5, 5.41) is 9.00. The van der Waals surface area contributed by atoms with E-state index in [9.17, 15) is 0 Å². The van der Waals surface area contributed by atoms with Crippen LogP contribution in [0.2, 0.25) is 0 Å². The first-order valence-electron chi connectivity index (χ1n) is 21.4. The van der Waals surface area contributed by atoms with Crippen LogP contribution in [0.5, 0.6) is 28.7 Å². The molecule has 0 bridgehead atoms. The van der Waals surface area contributed by atoms with Gasteiger partial charge in [-0.15, -0.1) is 0 Å². The Bertz CT molecular complexity index is 1910. The summed E-state index contributed by atoms with van der Waals surface area (Å²) in [5.41, 5.74) is 5.06. The molecule has 0 aliphatic heterocycles. The number of nitriles is 1. The quantitative estimate of drug-likeness (QED) is 0.0463. The molecule has 4 aromatic carbocycles. The van der Waals surface area contributed by atoms with Crippen molar-refractivity contribution >= 4 is 0 Å². The second-order valence-electron chi connectivity index (χ2n) is 14.7. The van der Waals surface area contributed by atoms with Gasteiger partial charge in [0.1, 0.15) is 28.7 Å². The first-order valence-corrected chi connectivity index (χ1v) is 21.4. The summed E-state index contributed by atoms with van der Waals surface area (Å²) < 4.78 is 29.6. The standard InChI is InChI=1S/C50H61N3O5/c1-3-4-5-6-7-12-17-41-38-52-50(53-39-41)44-24-28-46(29-25-44)56-31-14-9-11-16-33-58-49-35-47(54-2)34-48(36-49)57-32-15-10-8-13-30-55-45-26-22-43(23-27-45)42-20-18-40(37-51)19-21-42/h18-29,34-36,38-39H,3-17,30-33H2,1-2H3. The highest BCUT2D eigenvalue weighted by Crippen LogP contribution is 2.29. The normalized spacial score (nSPS) is 10.8. The third kappa shape index (κ3) is 15.8. The van der Waals surface area contributed by atoms with Gasteiger partial charge in [-0.3, -0.25) is 0 Å². The predicted molar refractivity (Wildman–Crippen MR) is 233 cm³/mol. The molecule has 0 N–H and O–H groups in total. The van der Waals surface area contributed by atoms with Crippen LogP contribution in [0.15, 0.2) is 103 Å². The minimum Gasteiger partial charge on any atom is -0.496 e. The summed E-state index contributed by atoms with van der Waals surface area (Å²) in [5.74, 6) is 4.74. The van der Waals surface area contributed by atoms with Crippen LogP contribution in [0, 0.1) is 11.3 Å². The zero-order valence-electron chi connectivity index (χ0n) is 34.6. The van der Waals surface area contributed by atoms with Crippen molar-refractivity contribution in [2.45, 2.75) is 103 Å². The van der Waals surface area contributed by atoms with Crippen molar-refractivity contribution in [1.29, 1.82) is 5.26 Å². The van der Waals surface area contributed by atoms with E-state index in [1.165, 1.54) is 44.1 Å². The fraction of sp³-hybridized carbons (Fsp3) is 0.420. The topological polar surface area (TPSA) is 95.7 Å². The molecule has 5 aromatic rings. The molecule has 0 aliphatic rings. The average molecular weight is 784 g/mol.